The van der Waals surface area contributed by atoms with E-state index in [1.165, 1.54) is 0 Å². The first-order valence-electron chi connectivity index (χ1n) is 7.56. The fourth-order valence-corrected chi connectivity index (χ4v) is 2.67. The van der Waals surface area contributed by atoms with E-state index in [0.29, 0.717) is 28.7 Å². The van der Waals surface area contributed by atoms with E-state index >= 15 is 0 Å². The topological polar surface area (TPSA) is 49.4 Å². The summed E-state index contributed by atoms with van der Waals surface area (Å²) in [6.45, 7) is 2.78. The summed E-state index contributed by atoms with van der Waals surface area (Å²) in [5.41, 5.74) is 1.29. The maximum absolute atomic E-state index is 12.3. The van der Waals surface area contributed by atoms with Gasteiger partial charge in [0.05, 0.1) is 17.1 Å². The summed E-state index contributed by atoms with van der Waals surface area (Å²) in [6.07, 6.45) is 0. The number of hydrogen-bond acceptors (Lipinski definition) is 2. The molecule has 0 aromatic heterocycles. The van der Waals surface area contributed by atoms with Crippen LogP contribution >= 0.6 is 23.2 Å². The lowest BCUT2D eigenvalue weighted by Crippen LogP contribution is -2.39. The lowest BCUT2D eigenvalue weighted by atomic mass is 10.2. The first-order chi connectivity index (χ1) is 11.5. The Kier molecular flexibility index (Phi) is 6.64. The van der Waals surface area contributed by atoms with E-state index in [9.17, 15) is 9.59 Å². The summed E-state index contributed by atoms with van der Waals surface area (Å²) < 4.78 is 0. The van der Waals surface area contributed by atoms with Crippen LogP contribution in [0.15, 0.2) is 48.5 Å². The van der Waals surface area contributed by atoms with E-state index in [0.717, 1.165) is 5.56 Å². The molecule has 0 fully saturated rings. The minimum atomic E-state index is -0.368. The van der Waals surface area contributed by atoms with Gasteiger partial charge in [0.15, 0.2) is 0 Å². The van der Waals surface area contributed by atoms with Crippen molar-refractivity contribution in [1.29, 1.82) is 0 Å². The summed E-state index contributed by atoms with van der Waals surface area (Å²) in [6, 6.07) is 14.1. The molecule has 0 atom stereocenters. The molecule has 0 heterocycles. The Balaban J connectivity index is 1.95. The quantitative estimate of drug-likeness (QED) is 0.847. The van der Waals surface area contributed by atoms with Gasteiger partial charge in [0, 0.05) is 18.1 Å². The number of nitrogens with zero attached hydrogens (tertiary/aromatic N) is 1. The van der Waals surface area contributed by atoms with Crippen molar-refractivity contribution >= 4 is 35.0 Å². The molecule has 0 aliphatic carbocycles. The largest absolute Gasteiger partial charge is 0.343 e. The molecule has 0 aliphatic rings. The molecule has 1 N–H and O–H groups in total. The molecule has 0 radical (unpaired) electrons. The highest BCUT2D eigenvalue weighted by atomic mass is 35.5. The monoisotopic (exact) mass is 364 g/mol. The highest BCUT2D eigenvalue weighted by Crippen LogP contribution is 2.15. The van der Waals surface area contributed by atoms with Gasteiger partial charge < -0.3 is 10.2 Å². The lowest BCUT2D eigenvalue weighted by Gasteiger charge is -2.21. The van der Waals surface area contributed by atoms with Crippen molar-refractivity contribution in [1.82, 2.24) is 10.2 Å². The minimum Gasteiger partial charge on any atom is -0.343 e. The minimum absolute atomic E-state index is 0.0849. The van der Waals surface area contributed by atoms with Gasteiger partial charge in [-0.3, -0.25) is 9.59 Å². The summed E-state index contributed by atoms with van der Waals surface area (Å²) in [5, 5.41) is 3.59. The number of likely N-dealkylation sites (N-methyl/N-ethyl adjacent to an activating group) is 1. The fourth-order valence-electron chi connectivity index (χ4n) is 2.24. The van der Waals surface area contributed by atoms with Crippen LogP contribution in [0.5, 0.6) is 0 Å². The number of carbonyl (C=O) groups is 2. The van der Waals surface area contributed by atoms with E-state index in [2.05, 4.69) is 5.32 Å². The zero-order valence-corrected chi connectivity index (χ0v) is 14.8. The number of nitrogens with one attached hydrogen (secondary N) is 1. The second-order valence-corrected chi connectivity index (χ2v) is 6.04. The van der Waals surface area contributed by atoms with Crippen molar-refractivity contribution in [2.24, 2.45) is 0 Å². The van der Waals surface area contributed by atoms with E-state index in [1.807, 2.05) is 25.1 Å². The number of rotatable bonds is 6. The predicted molar refractivity (Wildman–Crippen MR) is 96.3 cm³/mol. The van der Waals surface area contributed by atoms with E-state index < -0.39 is 0 Å². The molecule has 0 bridgehead atoms. The standard InChI is InChI=1S/C18H18Cl2N2O2/c1-2-22(12-13-6-5-7-14(19)10-13)17(23)11-21-18(24)15-8-3-4-9-16(15)20/h3-10H,2,11-12H2,1H3,(H,21,24). The molecule has 2 amide bonds. The van der Waals surface area contributed by atoms with Crippen LogP contribution in [-0.4, -0.2) is 29.8 Å². The third-order valence-corrected chi connectivity index (χ3v) is 4.08. The van der Waals surface area contributed by atoms with Gasteiger partial charge >= 0.3 is 0 Å². The molecule has 2 aromatic rings. The molecule has 24 heavy (non-hydrogen) atoms. The van der Waals surface area contributed by atoms with Crippen LogP contribution in [0, 0.1) is 0 Å². The number of benzene rings is 2. The van der Waals surface area contributed by atoms with Gasteiger partial charge in [-0.25, -0.2) is 0 Å². The van der Waals surface area contributed by atoms with Crippen LogP contribution in [0.2, 0.25) is 10.0 Å². The molecule has 2 rings (SSSR count). The molecule has 0 spiro atoms. The van der Waals surface area contributed by atoms with Crippen LogP contribution in [0.4, 0.5) is 0 Å². The maximum Gasteiger partial charge on any atom is 0.253 e. The zero-order valence-electron chi connectivity index (χ0n) is 13.3. The molecule has 4 nitrogen and oxygen atoms in total. The van der Waals surface area contributed by atoms with Crippen molar-refractivity contribution in [3.63, 3.8) is 0 Å². The first-order valence-corrected chi connectivity index (χ1v) is 8.31. The Morgan fingerprint density at radius 1 is 1.08 bits per heavy atom. The second-order valence-electron chi connectivity index (χ2n) is 5.20. The van der Waals surface area contributed by atoms with E-state index in [1.54, 1.807) is 35.2 Å². The van der Waals surface area contributed by atoms with Gasteiger partial charge in [-0.1, -0.05) is 47.5 Å². The van der Waals surface area contributed by atoms with Crippen molar-refractivity contribution in [2.75, 3.05) is 13.1 Å². The number of hydrogen-bond donors (Lipinski definition) is 1. The molecular weight excluding hydrogens is 347 g/mol. The zero-order chi connectivity index (χ0) is 17.5. The predicted octanol–water partition coefficient (Wildman–Crippen LogP) is 3.77. The summed E-state index contributed by atoms with van der Waals surface area (Å²) in [7, 11) is 0. The summed E-state index contributed by atoms with van der Waals surface area (Å²) >= 11 is 11.9. The fraction of sp³-hybridized carbons (Fsp3) is 0.222. The van der Waals surface area contributed by atoms with Gasteiger partial charge in [0.25, 0.3) is 5.91 Å². The molecular formula is C18H18Cl2N2O2. The van der Waals surface area contributed by atoms with Gasteiger partial charge in [-0.2, -0.15) is 0 Å². The van der Waals surface area contributed by atoms with Crippen LogP contribution in [-0.2, 0) is 11.3 Å². The average Bonchev–Trinajstić information content (AvgIpc) is 2.57. The Hall–Kier alpha value is -2.04. The molecule has 0 saturated heterocycles. The average molecular weight is 365 g/mol. The number of carbonyl (C=O) groups excluding carboxylic acids is 2. The Labute approximate surface area is 151 Å². The smallest absolute Gasteiger partial charge is 0.253 e. The van der Waals surface area contributed by atoms with Gasteiger partial charge in [0.1, 0.15) is 0 Å². The maximum atomic E-state index is 12.3. The summed E-state index contributed by atoms with van der Waals surface area (Å²) in [5.74, 6) is -0.536. The third-order valence-electron chi connectivity index (χ3n) is 3.52. The van der Waals surface area contributed by atoms with Crippen LogP contribution in [0.25, 0.3) is 0 Å². The summed E-state index contributed by atoms with van der Waals surface area (Å²) in [4.78, 5) is 26.1. The molecule has 126 valence electrons. The van der Waals surface area contributed by atoms with Gasteiger partial charge in [-0.05, 0) is 36.8 Å². The highest BCUT2D eigenvalue weighted by Gasteiger charge is 2.15. The van der Waals surface area contributed by atoms with Gasteiger partial charge in [0.2, 0.25) is 5.91 Å². The lowest BCUT2D eigenvalue weighted by molar-refractivity contribution is -0.130. The highest BCUT2D eigenvalue weighted by molar-refractivity contribution is 6.33. The first kappa shape index (κ1) is 18.3. The SMILES string of the molecule is CCN(Cc1cccc(Cl)c1)C(=O)CNC(=O)c1ccccc1Cl. The van der Waals surface area contributed by atoms with Crippen molar-refractivity contribution in [3.05, 3.63) is 69.7 Å². The molecule has 2 aromatic carbocycles. The Morgan fingerprint density at radius 3 is 2.50 bits per heavy atom. The number of halogens is 2. The van der Waals surface area contributed by atoms with E-state index in [-0.39, 0.29) is 18.4 Å². The van der Waals surface area contributed by atoms with Gasteiger partial charge in [-0.15, -0.1) is 0 Å². The van der Waals surface area contributed by atoms with E-state index in [4.69, 9.17) is 23.2 Å². The van der Waals surface area contributed by atoms with Crippen molar-refractivity contribution in [2.45, 2.75) is 13.5 Å². The molecule has 0 saturated carbocycles. The second kappa shape index (κ2) is 8.71. The number of amides is 2. The van der Waals surface area contributed by atoms with Crippen molar-refractivity contribution in [3.8, 4) is 0 Å². The Morgan fingerprint density at radius 2 is 1.83 bits per heavy atom. The third kappa shape index (κ3) is 4.98. The molecule has 0 aliphatic heterocycles. The van der Waals surface area contributed by atoms with Crippen molar-refractivity contribution < 1.29 is 9.59 Å². The molecule has 6 heteroatoms. The molecule has 0 unspecified atom stereocenters. The van der Waals surface area contributed by atoms with Crippen LogP contribution in [0.3, 0.4) is 0 Å². The normalized spacial score (nSPS) is 10.3. The Bertz CT molecular complexity index is 734. The van der Waals surface area contributed by atoms with Crippen LogP contribution in [0.1, 0.15) is 22.8 Å². The van der Waals surface area contributed by atoms with Crippen LogP contribution < -0.4 is 5.32 Å².